The number of rotatable bonds is 7. The molecule has 4 N–H and O–H groups in total. The lowest BCUT2D eigenvalue weighted by molar-refractivity contribution is -0.132. The third-order valence-electron chi connectivity index (χ3n) is 6.34. The van der Waals surface area contributed by atoms with Crippen molar-refractivity contribution in [2.45, 2.75) is 37.1 Å². The van der Waals surface area contributed by atoms with Crippen molar-refractivity contribution in [2.24, 2.45) is 5.73 Å². The highest BCUT2D eigenvalue weighted by molar-refractivity contribution is 7.89. The molecule has 0 bridgehead atoms. The van der Waals surface area contributed by atoms with Crippen molar-refractivity contribution in [1.82, 2.24) is 9.62 Å². The molecule has 3 aromatic carbocycles. The number of nitrogens with zero attached hydrogens (tertiary/aromatic N) is 1. The lowest BCUT2D eigenvalue weighted by Gasteiger charge is -2.32. The lowest BCUT2D eigenvalue weighted by Crippen LogP contribution is -2.46. The summed E-state index contributed by atoms with van der Waals surface area (Å²) < 4.78 is 29.5. The maximum Gasteiger partial charge on any atom is 0.255 e. The summed E-state index contributed by atoms with van der Waals surface area (Å²) in [5.74, 6) is -0.249. The van der Waals surface area contributed by atoms with Crippen molar-refractivity contribution in [3.8, 4) is 0 Å². The number of benzene rings is 3. The van der Waals surface area contributed by atoms with Crippen LogP contribution in [-0.2, 0) is 14.8 Å². The van der Waals surface area contributed by atoms with Crippen LogP contribution >= 0.6 is 0 Å². The van der Waals surface area contributed by atoms with E-state index in [1.165, 1.54) is 6.07 Å². The normalized spacial score (nSPS) is 14.7. The minimum atomic E-state index is -3.82. The maximum atomic E-state index is 13.3. The van der Waals surface area contributed by atoms with Gasteiger partial charge in [-0.1, -0.05) is 42.5 Å². The van der Waals surface area contributed by atoms with E-state index in [0.29, 0.717) is 60.9 Å². The van der Waals surface area contributed by atoms with Gasteiger partial charge >= 0.3 is 0 Å². The highest BCUT2D eigenvalue weighted by Crippen LogP contribution is 2.30. The molecule has 0 spiro atoms. The number of nitrogens with one attached hydrogen (secondary N) is 2. The summed E-state index contributed by atoms with van der Waals surface area (Å²) in [7, 11) is -3.82. The first-order valence-electron chi connectivity index (χ1n) is 11.7. The number of fused-ring (bicyclic) bond motifs is 1. The number of sulfonamides is 1. The molecule has 1 aliphatic rings. The number of nitrogens with two attached hydrogens (primary N) is 1. The minimum Gasteiger partial charge on any atom is -0.343 e. The average Bonchev–Trinajstić information content (AvgIpc) is 2.84. The quantitative estimate of drug-likeness (QED) is 0.466. The molecule has 8 nitrogen and oxygen atoms in total. The Bertz CT molecular complexity index is 1350. The zero-order valence-electron chi connectivity index (χ0n) is 19.7. The lowest BCUT2D eigenvalue weighted by atomic mass is 10.1. The number of aryl methyl sites for hydroxylation is 1. The van der Waals surface area contributed by atoms with E-state index >= 15 is 0 Å². The molecule has 2 amide bonds. The van der Waals surface area contributed by atoms with Crippen LogP contribution in [0.5, 0.6) is 0 Å². The van der Waals surface area contributed by atoms with Crippen LogP contribution in [0.15, 0.2) is 65.6 Å². The SMILES string of the molecule is Cc1ccccc1C(=O)Nc1ccc(S(=O)(=O)NC2CCN(C(=O)CCN)CC2)c2ccccc12. The number of carbonyl (C=O) groups is 2. The molecule has 1 aliphatic heterocycles. The van der Waals surface area contributed by atoms with Crippen LogP contribution in [0.4, 0.5) is 5.69 Å². The van der Waals surface area contributed by atoms with Gasteiger partial charge in [-0.3, -0.25) is 9.59 Å². The molecule has 9 heteroatoms. The van der Waals surface area contributed by atoms with E-state index in [2.05, 4.69) is 10.0 Å². The standard InChI is InChI=1S/C26H30N4O4S/c1-18-6-2-3-7-20(18)26(32)28-23-10-11-24(22-9-5-4-8-21(22)23)35(33,34)29-19-13-16-30(17-14-19)25(31)12-15-27/h2-11,19,29H,12-17,27H2,1H3,(H,28,32). The Hall–Kier alpha value is -3.27. The second-order valence-electron chi connectivity index (χ2n) is 8.74. The second-order valence-corrected chi connectivity index (χ2v) is 10.4. The number of anilines is 1. The van der Waals surface area contributed by atoms with Gasteiger partial charge in [-0.15, -0.1) is 0 Å². The third-order valence-corrected chi connectivity index (χ3v) is 7.92. The molecule has 0 unspecified atom stereocenters. The molecule has 1 saturated heterocycles. The zero-order valence-corrected chi connectivity index (χ0v) is 20.5. The number of likely N-dealkylation sites (tertiary alicyclic amines) is 1. The predicted octanol–water partition coefficient (Wildman–Crippen LogP) is 3.02. The van der Waals surface area contributed by atoms with E-state index in [-0.39, 0.29) is 22.8 Å². The first kappa shape index (κ1) is 24.8. The fraction of sp³-hybridized carbons (Fsp3) is 0.308. The van der Waals surface area contributed by atoms with Crippen molar-refractivity contribution in [3.05, 3.63) is 71.8 Å². The topological polar surface area (TPSA) is 122 Å². The predicted molar refractivity (Wildman–Crippen MR) is 137 cm³/mol. The van der Waals surface area contributed by atoms with E-state index in [1.807, 2.05) is 25.1 Å². The van der Waals surface area contributed by atoms with Gasteiger partial charge in [0.05, 0.1) is 4.90 Å². The van der Waals surface area contributed by atoms with Crippen LogP contribution in [0, 0.1) is 6.92 Å². The molecule has 0 saturated carbocycles. The van der Waals surface area contributed by atoms with Crippen LogP contribution in [0.25, 0.3) is 10.8 Å². The van der Waals surface area contributed by atoms with E-state index in [9.17, 15) is 18.0 Å². The third kappa shape index (κ3) is 5.53. The van der Waals surface area contributed by atoms with Crippen LogP contribution < -0.4 is 15.8 Å². The van der Waals surface area contributed by atoms with Gasteiger partial charge in [0.25, 0.3) is 5.91 Å². The summed E-state index contributed by atoms with van der Waals surface area (Å²) in [6.45, 7) is 3.17. The summed E-state index contributed by atoms with van der Waals surface area (Å²) in [6.07, 6.45) is 1.38. The highest BCUT2D eigenvalue weighted by Gasteiger charge is 2.27. The summed E-state index contributed by atoms with van der Waals surface area (Å²) in [5.41, 5.74) is 7.43. The van der Waals surface area contributed by atoms with Crippen LogP contribution in [0.3, 0.4) is 0 Å². The molecule has 0 atom stereocenters. The summed E-state index contributed by atoms with van der Waals surface area (Å²) in [4.78, 5) is 26.8. The second kappa shape index (κ2) is 10.6. The Labute approximate surface area is 205 Å². The number of piperidine rings is 1. The molecular weight excluding hydrogens is 464 g/mol. The van der Waals surface area contributed by atoms with Crippen LogP contribution in [0.2, 0.25) is 0 Å². The van der Waals surface area contributed by atoms with Gasteiger partial charge in [-0.25, -0.2) is 13.1 Å². The van der Waals surface area contributed by atoms with Gasteiger partial charge in [-0.05, 0) is 43.5 Å². The molecule has 0 aromatic heterocycles. The number of hydrogen-bond acceptors (Lipinski definition) is 5. The molecule has 0 aliphatic carbocycles. The van der Waals surface area contributed by atoms with Gasteiger partial charge in [0.15, 0.2) is 0 Å². The fourth-order valence-electron chi connectivity index (χ4n) is 4.44. The molecule has 3 aromatic rings. The Kier molecular flexibility index (Phi) is 7.49. The summed E-state index contributed by atoms with van der Waals surface area (Å²) in [6, 6.07) is 17.3. The van der Waals surface area contributed by atoms with Gasteiger partial charge in [0.1, 0.15) is 0 Å². The average molecular weight is 495 g/mol. The van der Waals surface area contributed by atoms with Crippen molar-refractivity contribution in [2.75, 3.05) is 25.0 Å². The summed E-state index contributed by atoms with van der Waals surface area (Å²) >= 11 is 0. The van der Waals surface area contributed by atoms with Crippen LogP contribution in [0.1, 0.15) is 35.2 Å². The van der Waals surface area contributed by atoms with Crippen molar-refractivity contribution < 1.29 is 18.0 Å². The van der Waals surface area contributed by atoms with E-state index in [0.717, 1.165) is 5.56 Å². The van der Waals surface area contributed by atoms with Gasteiger partial charge in [-0.2, -0.15) is 0 Å². The first-order chi connectivity index (χ1) is 16.8. The molecule has 1 heterocycles. The Morgan fingerprint density at radius 3 is 2.31 bits per heavy atom. The van der Waals surface area contributed by atoms with Gasteiger partial charge in [0.2, 0.25) is 15.9 Å². The van der Waals surface area contributed by atoms with Crippen LogP contribution in [-0.4, -0.2) is 50.8 Å². The number of amides is 2. The molecule has 1 fully saturated rings. The largest absolute Gasteiger partial charge is 0.343 e. The van der Waals surface area contributed by atoms with Crippen molar-refractivity contribution in [3.63, 3.8) is 0 Å². The zero-order chi connectivity index (χ0) is 25.0. The monoisotopic (exact) mass is 494 g/mol. The molecule has 0 radical (unpaired) electrons. The highest BCUT2D eigenvalue weighted by atomic mass is 32.2. The smallest absolute Gasteiger partial charge is 0.255 e. The van der Waals surface area contributed by atoms with Gasteiger partial charge in [0, 0.05) is 54.1 Å². The first-order valence-corrected chi connectivity index (χ1v) is 13.2. The maximum absolute atomic E-state index is 13.3. The van der Waals surface area contributed by atoms with Crippen molar-refractivity contribution >= 4 is 38.3 Å². The van der Waals surface area contributed by atoms with E-state index in [1.54, 1.807) is 41.3 Å². The Morgan fingerprint density at radius 1 is 0.971 bits per heavy atom. The molecule has 35 heavy (non-hydrogen) atoms. The van der Waals surface area contributed by atoms with E-state index in [4.69, 9.17) is 5.73 Å². The number of hydrogen-bond donors (Lipinski definition) is 3. The fourth-order valence-corrected chi connectivity index (χ4v) is 5.96. The molecule has 184 valence electrons. The Morgan fingerprint density at radius 2 is 1.63 bits per heavy atom. The summed E-state index contributed by atoms with van der Waals surface area (Å²) in [5, 5.41) is 4.09. The Balaban J connectivity index is 1.55. The minimum absolute atomic E-state index is 0.00290. The van der Waals surface area contributed by atoms with Gasteiger partial charge < -0.3 is 16.0 Å². The van der Waals surface area contributed by atoms with Crippen molar-refractivity contribution in [1.29, 1.82) is 0 Å². The molecule has 4 rings (SSSR count). The number of carbonyl (C=O) groups excluding carboxylic acids is 2. The van der Waals surface area contributed by atoms with E-state index < -0.39 is 10.0 Å². The molecular formula is C26H30N4O4S.